The van der Waals surface area contributed by atoms with E-state index in [1.807, 2.05) is 0 Å². The van der Waals surface area contributed by atoms with E-state index < -0.39 is 11.9 Å². The minimum absolute atomic E-state index is 0.133. The Bertz CT molecular complexity index is 630. The van der Waals surface area contributed by atoms with Crippen molar-refractivity contribution in [1.82, 2.24) is 9.78 Å². The Kier molecular flexibility index (Phi) is 3.19. The second kappa shape index (κ2) is 4.81. The topological polar surface area (TPSA) is 102 Å². The number of ether oxygens (including phenoxy) is 1. The number of aromatic nitrogens is 2. The van der Waals surface area contributed by atoms with Crippen LogP contribution in [0.1, 0.15) is 20.8 Å². The number of nitrogens with zero attached hydrogens (tertiary/aromatic N) is 2. The number of rotatable bonds is 4. The highest BCUT2D eigenvalue weighted by atomic mass is 16.5. The molecular formula is C12H10N2O5. The summed E-state index contributed by atoms with van der Waals surface area (Å²) in [4.78, 5) is 21.6. The zero-order valence-electron chi connectivity index (χ0n) is 9.90. The Hall–Kier alpha value is -2.83. The van der Waals surface area contributed by atoms with E-state index in [1.165, 1.54) is 42.1 Å². The monoisotopic (exact) mass is 262 g/mol. The van der Waals surface area contributed by atoms with Crippen molar-refractivity contribution in [2.24, 2.45) is 0 Å². The van der Waals surface area contributed by atoms with Crippen LogP contribution in [0.4, 0.5) is 0 Å². The average Bonchev–Trinajstić information content (AvgIpc) is 2.83. The second-order valence-electron chi connectivity index (χ2n) is 3.64. The minimum Gasteiger partial charge on any atom is -0.481 e. The Morgan fingerprint density at radius 3 is 2.26 bits per heavy atom. The lowest BCUT2D eigenvalue weighted by Gasteiger charge is -2.05. The van der Waals surface area contributed by atoms with Crippen LogP contribution in [0.2, 0.25) is 0 Å². The summed E-state index contributed by atoms with van der Waals surface area (Å²) in [7, 11) is 1.39. The third-order valence-corrected chi connectivity index (χ3v) is 2.46. The third-order valence-electron chi connectivity index (χ3n) is 2.46. The number of hydrogen-bond donors (Lipinski definition) is 2. The number of carboxylic acid groups (broad SMARTS) is 2. The minimum atomic E-state index is -1.17. The van der Waals surface area contributed by atoms with Crippen molar-refractivity contribution in [3.05, 3.63) is 41.6 Å². The van der Waals surface area contributed by atoms with Gasteiger partial charge in [0.05, 0.1) is 18.4 Å². The van der Waals surface area contributed by atoms with Gasteiger partial charge in [-0.05, 0) is 24.3 Å². The van der Waals surface area contributed by atoms with E-state index in [-0.39, 0.29) is 17.1 Å². The fourth-order valence-electron chi connectivity index (χ4n) is 1.54. The highest BCUT2D eigenvalue weighted by Gasteiger charge is 2.15. The predicted molar refractivity (Wildman–Crippen MR) is 64.0 cm³/mol. The third kappa shape index (κ3) is 2.39. The molecule has 0 aliphatic carbocycles. The molecule has 0 unspecified atom stereocenters. The maximum atomic E-state index is 10.8. The normalized spacial score (nSPS) is 10.2. The molecule has 19 heavy (non-hydrogen) atoms. The summed E-state index contributed by atoms with van der Waals surface area (Å²) in [5, 5.41) is 21.5. The molecule has 2 aromatic rings. The summed E-state index contributed by atoms with van der Waals surface area (Å²) in [6.45, 7) is 0. The zero-order valence-corrected chi connectivity index (χ0v) is 9.90. The fourth-order valence-corrected chi connectivity index (χ4v) is 1.54. The van der Waals surface area contributed by atoms with Crippen molar-refractivity contribution in [3.8, 4) is 11.6 Å². The number of methoxy groups -OCH3 is 1. The van der Waals surface area contributed by atoms with E-state index in [9.17, 15) is 9.59 Å². The molecule has 1 aromatic carbocycles. The maximum absolute atomic E-state index is 10.8. The zero-order chi connectivity index (χ0) is 14.0. The molecule has 2 rings (SSSR count). The molecule has 2 N–H and O–H groups in total. The van der Waals surface area contributed by atoms with Gasteiger partial charge in [0.1, 0.15) is 0 Å². The summed E-state index contributed by atoms with van der Waals surface area (Å²) in [5.74, 6) is -1.95. The molecular weight excluding hydrogens is 252 g/mol. The summed E-state index contributed by atoms with van der Waals surface area (Å²) >= 11 is 0. The van der Waals surface area contributed by atoms with Crippen LogP contribution in [-0.2, 0) is 0 Å². The van der Waals surface area contributed by atoms with Gasteiger partial charge in [-0.2, -0.15) is 5.10 Å². The van der Waals surface area contributed by atoms with Gasteiger partial charge in [0.2, 0.25) is 5.88 Å². The highest BCUT2D eigenvalue weighted by molar-refractivity contribution is 5.88. The summed E-state index contributed by atoms with van der Waals surface area (Å²) in [6.07, 6.45) is 0. The van der Waals surface area contributed by atoms with Crippen LogP contribution in [0.25, 0.3) is 5.69 Å². The summed E-state index contributed by atoms with van der Waals surface area (Å²) in [5.41, 5.74) is 0.488. The Labute approximate surface area is 107 Å². The van der Waals surface area contributed by atoms with E-state index in [0.29, 0.717) is 5.69 Å². The summed E-state index contributed by atoms with van der Waals surface area (Å²) < 4.78 is 6.32. The highest BCUT2D eigenvalue weighted by Crippen LogP contribution is 2.19. The lowest BCUT2D eigenvalue weighted by atomic mass is 10.2. The van der Waals surface area contributed by atoms with Gasteiger partial charge in [0.15, 0.2) is 5.69 Å². The quantitative estimate of drug-likeness (QED) is 0.860. The molecule has 1 aromatic heterocycles. The Morgan fingerprint density at radius 1 is 1.16 bits per heavy atom. The Balaban J connectivity index is 2.45. The van der Waals surface area contributed by atoms with Gasteiger partial charge in [-0.3, -0.25) is 0 Å². The average molecular weight is 262 g/mol. The van der Waals surface area contributed by atoms with Gasteiger partial charge in [-0.25, -0.2) is 14.3 Å². The largest absolute Gasteiger partial charge is 0.481 e. The molecule has 98 valence electrons. The van der Waals surface area contributed by atoms with Crippen LogP contribution in [0.3, 0.4) is 0 Å². The first-order valence-electron chi connectivity index (χ1n) is 5.24. The fraction of sp³-hybridized carbons (Fsp3) is 0.0833. The van der Waals surface area contributed by atoms with E-state index >= 15 is 0 Å². The lowest BCUT2D eigenvalue weighted by Crippen LogP contribution is -2.03. The first-order chi connectivity index (χ1) is 9.02. The van der Waals surface area contributed by atoms with Crippen LogP contribution < -0.4 is 4.74 Å². The first kappa shape index (κ1) is 12.6. The second-order valence-corrected chi connectivity index (χ2v) is 3.64. The van der Waals surface area contributed by atoms with Gasteiger partial charge in [0, 0.05) is 6.07 Å². The maximum Gasteiger partial charge on any atom is 0.356 e. The van der Waals surface area contributed by atoms with E-state index in [0.717, 1.165) is 0 Å². The van der Waals surface area contributed by atoms with Gasteiger partial charge < -0.3 is 14.9 Å². The molecule has 0 bridgehead atoms. The molecule has 0 saturated heterocycles. The molecule has 0 atom stereocenters. The van der Waals surface area contributed by atoms with E-state index in [1.54, 1.807) is 0 Å². The van der Waals surface area contributed by atoms with Crippen LogP contribution in [0.5, 0.6) is 5.88 Å². The van der Waals surface area contributed by atoms with Crippen molar-refractivity contribution in [3.63, 3.8) is 0 Å². The van der Waals surface area contributed by atoms with Crippen molar-refractivity contribution >= 4 is 11.9 Å². The molecule has 0 saturated carbocycles. The standard InChI is InChI=1S/C12H10N2O5/c1-19-10-6-9(12(17)18)13-14(10)8-4-2-7(3-5-8)11(15)16/h2-6H,1H3,(H,15,16)(H,17,18). The van der Waals surface area contributed by atoms with Gasteiger partial charge in [-0.15, -0.1) is 0 Å². The molecule has 0 amide bonds. The molecule has 7 nitrogen and oxygen atoms in total. The van der Waals surface area contributed by atoms with Crippen LogP contribution in [-0.4, -0.2) is 39.0 Å². The Morgan fingerprint density at radius 2 is 1.79 bits per heavy atom. The molecule has 0 fully saturated rings. The van der Waals surface area contributed by atoms with Crippen molar-refractivity contribution in [2.75, 3.05) is 7.11 Å². The number of carbonyl (C=O) groups is 2. The smallest absolute Gasteiger partial charge is 0.356 e. The SMILES string of the molecule is COc1cc(C(=O)O)nn1-c1ccc(C(=O)O)cc1. The van der Waals surface area contributed by atoms with Gasteiger partial charge in [-0.1, -0.05) is 0 Å². The van der Waals surface area contributed by atoms with Gasteiger partial charge >= 0.3 is 11.9 Å². The molecule has 0 spiro atoms. The number of carboxylic acids is 2. The lowest BCUT2D eigenvalue weighted by molar-refractivity contribution is 0.0682. The number of aromatic carboxylic acids is 2. The molecule has 1 heterocycles. The molecule has 0 aliphatic rings. The molecule has 7 heteroatoms. The first-order valence-corrected chi connectivity index (χ1v) is 5.24. The number of hydrogen-bond acceptors (Lipinski definition) is 4. The molecule has 0 aliphatic heterocycles. The van der Waals surface area contributed by atoms with Crippen LogP contribution in [0.15, 0.2) is 30.3 Å². The number of benzene rings is 1. The van der Waals surface area contributed by atoms with Crippen molar-refractivity contribution in [1.29, 1.82) is 0 Å². The van der Waals surface area contributed by atoms with Gasteiger partial charge in [0.25, 0.3) is 0 Å². The van der Waals surface area contributed by atoms with E-state index in [2.05, 4.69) is 5.10 Å². The predicted octanol–water partition coefficient (Wildman–Crippen LogP) is 1.28. The molecule has 0 radical (unpaired) electrons. The summed E-state index contributed by atoms with van der Waals surface area (Å²) in [6, 6.07) is 7.13. The van der Waals surface area contributed by atoms with Crippen LogP contribution >= 0.6 is 0 Å². The van der Waals surface area contributed by atoms with Crippen molar-refractivity contribution in [2.45, 2.75) is 0 Å². The van der Waals surface area contributed by atoms with E-state index in [4.69, 9.17) is 14.9 Å². The van der Waals surface area contributed by atoms with Crippen LogP contribution in [0, 0.1) is 0 Å². The van der Waals surface area contributed by atoms with Crippen molar-refractivity contribution < 1.29 is 24.5 Å².